The zero-order valence-corrected chi connectivity index (χ0v) is 12.3. The molecule has 0 rings (SSSR count). The molecule has 0 aliphatic rings. The molecule has 0 aliphatic carbocycles. The van der Waals surface area contributed by atoms with Gasteiger partial charge in [0.25, 0.3) is 0 Å². The molecular weight excluding hydrogens is 198 g/mol. The van der Waals surface area contributed by atoms with E-state index in [0.29, 0.717) is 0 Å². The van der Waals surface area contributed by atoms with Gasteiger partial charge in [0.15, 0.2) is 0 Å². The van der Waals surface area contributed by atoms with Crippen LogP contribution >= 0.6 is 0 Å². The average Bonchev–Trinajstić information content (AvgIpc) is 2.24. The van der Waals surface area contributed by atoms with Crippen molar-refractivity contribution in [3.63, 3.8) is 0 Å². The second-order valence-electron chi connectivity index (χ2n) is 5.48. The first kappa shape index (κ1) is 17.9. The molecule has 0 aliphatic heterocycles. The van der Waals surface area contributed by atoms with Gasteiger partial charge < -0.3 is 5.32 Å². The summed E-state index contributed by atoms with van der Waals surface area (Å²) in [5, 5.41) is 2.57. The highest BCUT2D eigenvalue weighted by molar-refractivity contribution is 5.80. The lowest BCUT2D eigenvalue weighted by Crippen LogP contribution is -2.31. The fraction of sp³-hybridized carbons (Fsp3) is 0.929. The predicted octanol–water partition coefficient (Wildman–Crippen LogP) is 4.00. The Morgan fingerprint density at radius 3 is 1.94 bits per heavy atom. The third-order valence-electron chi connectivity index (χ3n) is 2.66. The minimum absolute atomic E-state index is 0.0810. The van der Waals surface area contributed by atoms with E-state index in [0.717, 1.165) is 5.92 Å². The van der Waals surface area contributed by atoms with Crippen molar-refractivity contribution in [1.82, 2.24) is 5.32 Å². The molecule has 0 aromatic heterocycles. The lowest BCUT2D eigenvalue weighted by atomic mass is 9.96. The summed E-state index contributed by atoms with van der Waals surface area (Å²) >= 11 is 0. The van der Waals surface area contributed by atoms with E-state index in [1.54, 1.807) is 7.05 Å². The van der Waals surface area contributed by atoms with Crippen molar-refractivity contribution >= 4 is 5.91 Å². The van der Waals surface area contributed by atoms with Crippen LogP contribution in [0.3, 0.4) is 0 Å². The Bertz CT molecular complexity index is 170. The summed E-state index contributed by atoms with van der Waals surface area (Å²) in [7, 11) is 1.65. The van der Waals surface area contributed by atoms with Crippen LogP contribution in [0.4, 0.5) is 0 Å². The number of hydrogen-bond donors (Lipinski definition) is 1. The van der Waals surface area contributed by atoms with Crippen LogP contribution in [0.1, 0.15) is 67.2 Å². The van der Waals surface area contributed by atoms with E-state index in [-0.39, 0.29) is 11.3 Å². The summed E-state index contributed by atoms with van der Waals surface area (Å²) < 4.78 is 0. The van der Waals surface area contributed by atoms with Gasteiger partial charge in [-0.1, -0.05) is 67.2 Å². The highest BCUT2D eigenvalue weighted by atomic mass is 16.2. The van der Waals surface area contributed by atoms with Gasteiger partial charge in [0.05, 0.1) is 0 Å². The Labute approximate surface area is 102 Å². The molecule has 2 heteroatoms. The Morgan fingerprint density at radius 1 is 1.25 bits per heavy atom. The third kappa shape index (κ3) is 11.5. The largest absolute Gasteiger partial charge is 0.359 e. The standard InChI is InChI=1S/C8H18.C6H13NO/c1-4-6-7-8(3)5-2;1-6(2,3)5(8)7-4/h8H,4-7H2,1-3H3;1-4H3,(H,7,8). The number of rotatable bonds is 4. The molecule has 0 bridgehead atoms. The highest BCUT2D eigenvalue weighted by Gasteiger charge is 2.18. The van der Waals surface area contributed by atoms with Gasteiger partial charge in [0, 0.05) is 12.5 Å². The van der Waals surface area contributed by atoms with Gasteiger partial charge in [-0.25, -0.2) is 0 Å². The molecule has 1 unspecified atom stereocenters. The predicted molar refractivity (Wildman–Crippen MR) is 72.5 cm³/mol. The van der Waals surface area contributed by atoms with Crippen LogP contribution in [0, 0.1) is 11.3 Å². The van der Waals surface area contributed by atoms with Gasteiger partial charge in [-0.3, -0.25) is 4.79 Å². The fourth-order valence-electron chi connectivity index (χ4n) is 1.13. The Hall–Kier alpha value is -0.530. The lowest BCUT2D eigenvalue weighted by molar-refractivity contribution is -0.127. The minimum Gasteiger partial charge on any atom is -0.359 e. The Kier molecular flexibility index (Phi) is 10.8. The zero-order chi connectivity index (χ0) is 13.2. The molecule has 0 heterocycles. The number of carbonyl (C=O) groups is 1. The Balaban J connectivity index is 0. The van der Waals surface area contributed by atoms with Gasteiger partial charge >= 0.3 is 0 Å². The van der Waals surface area contributed by atoms with Crippen molar-refractivity contribution in [2.75, 3.05) is 7.05 Å². The van der Waals surface area contributed by atoms with Crippen LogP contribution in [-0.2, 0) is 4.79 Å². The number of hydrogen-bond acceptors (Lipinski definition) is 1. The summed E-state index contributed by atoms with van der Waals surface area (Å²) in [6.45, 7) is 12.5. The summed E-state index contributed by atoms with van der Waals surface area (Å²) in [6, 6.07) is 0. The monoisotopic (exact) mass is 229 g/mol. The quantitative estimate of drug-likeness (QED) is 0.775. The van der Waals surface area contributed by atoms with Gasteiger partial charge in [0.2, 0.25) is 5.91 Å². The zero-order valence-electron chi connectivity index (χ0n) is 12.3. The minimum atomic E-state index is -0.241. The molecule has 98 valence electrons. The van der Waals surface area contributed by atoms with Crippen LogP contribution in [0.25, 0.3) is 0 Å². The fourth-order valence-corrected chi connectivity index (χ4v) is 1.13. The second kappa shape index (κ2) is 9.68. The second-order valence-corrected chi connectivity index (χ2v) is 5.48. The van der Waals surface area contributed by atoms with Crippen molar-refractivity contribution in [1.29, 1.82) is 0 Å². The van der Waals surface area contributed by atoms with E-state index >= 15 is 0 Å². The van der Waals surface area contributed by atoms with E-state index < -0.39 is 0 Å². The SMILES string of the molecule is CCCCC(C)CC.CNC(=O)C(C)(C)C. The molecule has 0 radical (unpaired) electrons. The van der Waals surface area contributed by atoms with Crippen molar-refractivity contribution in [3.05, 3.63) is 0 Å². The van der Waals surface area contributed by atoms with E-state index in [1.807, 2.05) is 20.8 Å². The molecule has 0 saturated heterocycles. The normalized spacial score (nSPS) is 12.4. The Morgan fingerprint density at radius 2 is 1.75 bits per heavy atom. The number of nitrogens with one attached hydrogen (secondary N) is 1. The molecule has 16 heavy (non-hydrogen) atoms. The first-order valence-corrected chi connectivity index (χ1v) is 6.51. The van der Waals surface area contributed by atoms with Crippen LogP contribution < -0.4 is 5.32 Å². The molecular formula is C14H31NO. The maximum absolute atomic E-state index is 10.7. The topological polar surface area (TPSA) is 29.1 Å². The van der Waals surface area contributed by atoms with Crippen molar-refractivity contribution in [2.24, 2.45) is 11.3 Å². The van der Waals surface area contributed by atoms with Gasteiger partial charge in [-0.05, 0) is 5.92 Å². The molecule has 1 N–H and O–H groups in total. The molecule has 1 amide bonds. The molecule has 1 atom stereocenters. The number of unbranched alkanes of at least 4 members (excludes halogenated alkanes) is 1. The van der Waals surface area contributed by atoms with Gasteiger partial charge in [-0.15, -0.1) is 0 Å². The van der Waals surface area contributed by atoms with E-state index in [1.165, 1.54) is 25.7 Å². The summed E-state index contributed by atoms with van der Waals surface area (Å²) in [5.74, 6) is 1.03. The first-order chi connectivity index (χ1) is 7.29. The van der Waals surface area contributed by atoms with Gasteiger partial charge in [0.1, 0.15) is 0 Å². The van der Waals surface area contributed by atoms with Crippen LogP contribution in [-0.4, -0.2) is 13.0 Å². The van der Waals surface area contributed by atoms with Gasteiger partial charge in [-0.2, -0.15) is 0 Å². The summed E-state index contributed by atoms with van der Waals surface area (Å²) in [5.41, 5.74) is -0.241. The molecule has 0 aromatic rings. The van der Waals surface area contributed by atoms with E-state index in [9.17, 15) is 4.79 Å². The molecule has 0 spiro atoms. The van der Waals surface area contributed by atoms with E-state index in [4.69, 9.17) is 0 Å². The van der Waals surface area contributed by atoms with Crippen LogP contribution in [0.2, 0.25) is 0 Å². The van der Waals surface area contributed by atoms with Crippen LogP contribution in [0.5, 0.6) is 0 Å². The summed E-state index contributed by atoms with van der Waals surface area (Å²) in [4.78, 5) is 10.7. The van der Waals surface area contributed by atoms with Crippen molar-refractivity contribution < 1.29 is 4.79 Å². The molecule has 2 nitrogen and oxygen atoms in total. The average molecular weight is 229 g/mol. The molecule has 0 aromatic carbocycles. The molecule has 0 saturated carbocycles. The highest BCUT2D eigenvalue weighted by Crippen LogP contribution is 2.11. The smallest absolute Gasteiger partial charge is 0.225 e. The maximum atomic E-state index is 10.7. The van der Waals surface area contributed by atoms with Crippen molar-refractivity contribution in [2.45, 2.75) is 67.2 Å². The lowest BCUT2D eigenvalue weighted by Gasteiger charge is -2.14. The van der Waals surface area contributed by atoms with E-state index in [2.05, 4.69) is 26.1 Å². The number of carbonyl (C=O) groups excluding carboxylic acids is 1. The van der Waals surface area contributed by atoms with Crippen LogP contribution in [0.15, 0.2) is 0 Å². The maximum Gasteiger partial charge on any atom is 0.225 e. The van der Waals surface area contributed by atoms with Crippen molar-refractivity contribution in [3.8, 4) is 0 Å². The molecule has 0 fully saturated rings. The summed E-state index contributed by atoms with van der Waals surface area (Å²) in [6.07, 6.45) is 5.53. The number of amides is 1. The third-order valence-corrected chi connectivity index (χ3v) is 2.66. The first-order valence-electron chi connectivity index (χ1n) is 6.51.